The first-order valence-corrected chi connectivity index (χ1v) is 5.23. The second-order valence-corrected chi connectivity index (χ2v) is 4.32. The third-order valence-corrected chi connectivity index (χ3v) is 2.17. The van der Waals surface area contributed by atoms with Crippen LogP contribution >= 0.6 is 15.9 Å². The van der Waals surface area contributed by atoms with Gasteiger partial charge in [-0.05, 0) is 12.1 Å². The van der Waals surface area contributed by atoms with E-state index in [1.54, 1.807) is 6.07 Å². The van der Waals surface area contributed by atoms with Gasteiger partial charge in [0.2, 0.25) is 0 Å². The Morgan fingerprint density at radius 1 is 1.38 bits per heavy atom. The maximum atomic E-state index is 12.7. The van der Waals surface area contributed by atoms with E-state index in [0.29, 0.717) is 12.2 Å². The van der Waals surface area contributed by atoms with Gasteiger partial charge in [0.1, 0.15) is 0 Å². The van der Waals surface area contributed by atoms with E-state index in [0.717, 1.165) is 4.48 Å². The molecular weight excluding hydrogens is 284 g/mol. The van der Waals surface area contributed by atoms with Crippen molar-refractivity contribution in [1.82, 2.24) is 0 Å². The second-order valence-electron chi connectivity index (χ2n) is 3.20. The maximum Gasteiger partial charge on any atom is 0.586 e. The van der Waals surface area contributed by atoms with Crippen LogP contribution in [0.3, 0.4) is 0 Å². The van der Waals surface area contributed by atoms with Gasteiger partial charge in [-0.1, -0.05) is 22.5 Å². The summed E-state index contributed by atoms with van der Waals surface area (Å²) in [6.07, 6.45) is -3.57. The van der Waals surface area contributed by atoms with E-state index in [1.165, 1.54) is 12.1 Å². The summed E-state index contributed by atoms with van der Waals surface area (Å²) in [4.78, 5) is 0. The lowest BCUT2D eigenvalue weighted by Gasteiger charge is -2.05. The third kappa shape index (κ3) is 2.44. The van der Waals surface area contributed by atoms with Crippen molar-refractivity contribution >= 4 is 21.6 Å². The van der Waals surface area contributed by atoms with Crippen molar-refractivity contribution in [2.45, 2.75) is 6.29 Å². The second kappa shape index (κ2) is 3.93. The van der Waals surface area contributed by atoms with Crippen LogP contribution in [-0.4, -0.2) is 12.8 Å². The highest BCUT2D eigenvalue weighted by Crippen LogP contribution is 2.42. The Kier molecular flexibility index (Phi) is 2.75. The van der Waals surface area contributed by atoms with Crippen molar-refractivity contribution in [3.8, 4) is 11.5 Å². The lowest BCUT2D eigenvalue weighted by molar-refractivity contribution is -0.286. The van der Waals surface area contributed by atoms with Crippen LogP contribution in [0.25, 0.3) is 0 Å². The Bertz CT molecular complexity index is 437. The maximum absolute atomic E-state index is 12.7. The topological polar surface area (TPSA) is 30.5 Å². The molecule has 6 heteroatoms. The minimum Gasteiger partial charge on any atom is -0.395 e. The Hall–Kier alpha value is -1.30. The molecule has 1 heterocycles. The van der Waals surface area contributed by atoms with E-state index >= 15 is 0 Å². The molecule has 1 aromatic rings. The third-order valence-electron chi connectivity index (χ3n) is 1.89. The first-order chi connectivity index (χ1) is 7.46. The van der Waals surface area contributed by atoms with E-state index < -0.39 is 6.29 Å². The summed E-state index contributed by atoms with van der Waals surface area (Å²) in [5.41, 5.74) is 0.653. The number of hydrogen-bond donors (Lipinski definition) is 1. The molecule has 0 bridgehead atoms. The fourth-order valence-corrected chi connectivity index (χ4v) is 1.40. The molecular formula is C10H8BrF2NO2. The summed E-state index contributed by atoms with van der Waals surface area (Å²) in [6.45, 7) is 4.14. The highest BCUT2D eigenvalue weighted by Gasteiger charge is 2.43. The minimum absolute atomic E-state index is 0.0233. The first kappa shape index (κ1) is 11.2. The molecule has 2 rings (SSSR count). The number of anilines is 1. The van der Waals surface area contributed by atoms with Crippen LogP contribution in [0.15, 0.2) is 29.3 Å². The summed E-state index contributed by atoms with van der Waals surface area (Å²) in [7, 11) is 0. The zero-order chi connectivity index (χ0) is 11.8. The Morgan fingerprint density at radius 3 is 2.75 bits per heavy atom. The average Bonchev–Trinajstić information content (AvgIpc) is 2.47. The number of hydrogen-bond acceptors (Lipinski definition) is 3. The normalized spacial score (nSPS) is 15.9. The number of benzene rings is 1. The molecule has 16 heavy (non-hydrogen) atoms. The van der Waals surface area contributed by atoms with Gasteiger partial charge in [-0.2, -0.15) is 0 Å². The van der Waals surface area contributed by atoms with Crippen LogP contribution < -0.4 is 14.8 Å². The van der Waals surface area contributed by atoms with E-state index in [4.69, 9.17) is 0 Å². The molecule has 0 unspecified atom stereocenters. The van der Waals surface area contributed by atoms with Crippen LogP contribution in [0.5, 0.6) is 11.5 Å². The van der Waals surface area contributed by atoms with E-state index in [1.807, 2.05) is 0 Å². The van der Waals surface area contributed by atoms with E-state index in [2.05, 4.69) is 37.3 Å². The zero-order valence-electron chi connectivity index (χ0n) is 8.10. The average molecular weight is 292 g/mol. The molecule has 0 amide bonds. The van der Waals surface area contributed by atoms with Crippen molar-refractivity contribution in [2.24, 2.45) is 0 Å². The lowest BCUT2D eigenvalue weighted by Crippen LogP contribution is -2.25. The van der Waals surface area contributed by atoms with Crippen molar-refractivity contribution in [3.05, 3.63) is 29.3 Å². The van der Waals surface area contributed by atoms with Crippen LogP contribution in [0.2, 0.25) is 0 Å². The monoisotopic (exact) mass is 291 g/mol. The largest absolute Gasteiger partial charge is 0.586 e. The molecule has 86 valence electrons. The summed E-state index contributed by atoms with van der Waals surface area (Å²) < 4.78 is 34.7. The molecule has 1 aromatic carbocycles. The highest BCUT2D eigenvalue weighted by molar-refractivity contribution is 9.11. The number of nitrogens with one attached hydrogen (secondary N) is 1. The molecule has 1 aliphatic rings. The van der Waals surface area contributed by atoms with Gasteiger partial charge in [-0.25, -0.2) is 0 Å². The van der Waals surface area contributed by atoms with Crippen molar-refractivity contribution in [1.29, 1.82) is 0 Å². The van der Waals surface area contributed by atoms with Crippen molar-refractivity contribution < 1.29 is 18.3 Å². The molecule has 0 atom stereocenters. The molecule has 0 spiro atoms. The van der Waals surface area contributed by atoms with Gasteiger partial charge in [-0.3, -0.25) is 0 Å². The zero-order valence-corrected chi connectivity index (χ0v) is 9.68. The molecule has 0 aromatic heterocycles. The molecule has 1 N–H and O–H groups in total. The minimum atomic E-state index is -3.57. The Balaban J connectivity index is 2.13. The predicted molar refractivity (Wildman–Crippen MR) is 59.2 cm³/mol. The molecule has 0 saturated carbocycles. The Morgan fingerprint density at radius 2 is 2.06 bits per heavy atom. The van der Waals surface area contributed by atoms with Crippen LogP contribution in [-0.2, 0) is 0 Å². The van der Waals surface area contributed by atoms with Crippen LogP contribution in [0.4, 0.5) is 14.5 Å². The summed E-state index contributed by atoms with van der Waals surface area (Å²) in [5, 5.41) is 2.97. The number of ether oxygens (including phenoxy) is 2. The number of fused-ring (bicyclic) bond motifs is 1. The fraction of sp³-hybridized carbons (Fsp3) is 0.200. The van der Waals surface area contributed by atoms with Gasteiger partial charge < -0.3 is 14.8 Å². The summed E-state index contributed by atoms with van der Waals surface area (Å²) in [5.74, 6) is 0.0587. The molecule has 3 nitrogen and oxygen atoms in total. The van der Waals surface area contributed by atoms with E-state index in [-0.39, 0.29) is 11.5 Å². The van der Waals surface area contributed by atoms with Gasteiger partial charge in [-0.15, -0.1) is 8.78 Å². The smallest absolute Gasteiger partial charge is 0.395 e. The predicted octanol–water partition coefficient (Wildman–Crippen LogP) is 3.33. The van der Waals surface area contributed by atoms with Gasteiger partial charge in [0.25, 0.3) is 0 Å². The number of halogens is 3. The van der Waals surface area contributed by atoms with Crippen LogP contribution in [0, 0.1) is 0 Å². The van der Waals surface area contributed by atoms with Gasteiger partial charge in [0.15, 0.2) is 11.5 Å². The quantitative estimate of drug-likeness (QED) is 0.927. The Labute approximate surface area is 99.2 Å². The van der Waals surface area contributed by atoms with Crippen LogP contribution in [0.1, 0.15) is 0 Å². The fourth-order valence-electron chi connectivity index (χ4n) is 1.26. The standard InChI is InChI=1S/C10H8BrF2NO2/c1-6(11)5-14-7-2-3-8-9(4-7)16-10(12,13)15-8/h2-4,14H,1,5H2. The highest BCUT2D eigenvalue weighted by atomic mass is 79.9. The number of rotatable bonds is 3. The first-order valence-electron chi connectivity index (χ1n) is 4.43. The van der Waals surface area contributed by atoms with Crippen molar-refractivity contribution in [3.63, 3.8) is 0 Å². The summed E-state index contributed by atoms with van der Waals surface area (Å²) >= 11 is 3.18. The van der Waals surface area contributed by atoms with Gasteiger partial charge in [0.05, 0.1) is 0 Å². The molecule has 0 saturated heterocycles. The van der Waals surface area contributed by atoms with E-state index in [9.17, 15) is 8.78 Å². The molecule has 0 fully saturated rings. The van der Waals surface area contributed by atoms with Crippen molar-refractivity contribution in [2.75, 3.05) is 11.9 Å². The molecule has 1 aliphatic heterocycles. The van der Waals surface area contributed by atoms with Gasteiger partial charge >= 0.3 is 6.29 Å². The molecule has 0 radical (unpaired) electrons. The van der Waals surface area contributed by atoms with Gasteiger partial charge in [0, 0.05) is 22.8 Å². The summed E-state index contributed by atoms with van der Waals surface area (Å²) in [6, 6.07) is 4.50. The lowest BCUT2D eigenvalue weighted by atomic mass is 10.3. The number of alkyl halides is 2. The SMILES string of the molecule is C=C(Br)CNc1ccc2c(c1)OC(F)(F)O2. The molecule has 0 aliphatic carbocycles.